The monoisotopic (exact) mass is 244 g/mol. The quantitative estimate of drug-likeness (QED) is 0.526. The second-order valence-corrected chi connectivity index (χ2v) is 5.15. The third kappa shape index (κ3) is 1.78. The summed E-state index contributed by atoms with van der Waals surface area (Å²) in [5, 5.41) is 19.4. The highest BCUT2D eigenvalue weighted by Gasteiger charge is 2.16. The van der Waals surface area contributed by atoms with Gasteiger partial charge in [-0.3, -0.25) is 0 Å². The van der Waals surface area contributed by atoms with Crippen molar-refractivity contribution < 1.29 is 10.0 Å². The second kappa shape index (κ2) is 3.75. The smallest absolute Gasteiger partial charge is 0.423 e. The Labute approximate surface area is 95.7 Å². The van der Waals surface area contributed by atoms with Crippen molar-refractivity contribution >= 4 is 58.2 Å². The first-order chi connectivity index (χ1) is 6.58. The molecule has 2 nitrogen and oxygen atoms in total. The van der Waals surface area contributed by atoms with Gasteiger partial charge in [0.25, 0.3) is 0 Å². The average molecular weight is 245 g/mol. The molecule has 0 spiro atoms. The topological polar surface area (TPSA) is 40.5 Å². The van der Waals surface area contributed by atoms with Gasteiger partial charge in [0, 0.05) is 15.2 Å². The maximum Gasteiger partial charge on any atom is 0.490 e. The largest absolute Gasteiger partial charge is 0.490 e. The molecule has 1 aromatic heterocycles. The Morgan fingerprint density at radius 2 is 2.00 bits per heavy atom. The first-order valence-corrected chi connectivity index (χ1v) is 5.50. The molecule has 14 heavy (non-hydrogen) atoms. The Kier molecular flexibility index (Phi) is 2.77. The second-order valence-electron chi connectivity index (χ2n) is 2.87. The molecule has 0 saturated carbocycles. The minimum absolute atomic E-state index is 0.328. The van der Waals surface area contributed by atoms with E-state index in [0.29, 0.717) is 10.5 Å². The van der Waals surface area contributed by atoms with E-state index in [1.807, 2.05) is 6.07 Å². The summed E-state index contributed by atoms with van der Waals surface area (Å²) in [5.74, 6) is 0. The fourth-order valence-corrected chi connectivity index (χ4v) is 2.80. The van der Waals surface area contributed by atoms with E-state index in [1.165, 1.54) is 11.3 Å². The van der Waals surface area contributed by atoms with Gasteiger partial charge in [-0.2, -0.15) is 0 Å². The van der Waals surface area contributed by atoms with Crippen molar-refractivity contribution in [2.45, 2.75) is 4.21 Å². The predicted molar refractivity (Wildman–Crippen MR) is 63.9 cm³/mol. The van der Waals surface area contributed by atoms with Crippen LogP contribution in [0.4, 0.5) is 0 Å². The predicted octanol–water partition coefficient (Wildman–Crippen LogP) is 1.52. The molecule has 0 saturated heterocycles. The number of hydrogen-bond donors (Lipinski definition) is 3. The van der Waals surface area contributed by atoms with Crippen LogP contribution in [-0.4, -0.2) is 17.2 Å². The Hall–Kier alpha value is -0.195. The van der Waals surface area contributed by atoms with Crippen LogP contribution in [0.25, 0.3) is 10.1 Å². The van der Waals surface area contributed by atoms with Crippen molar-refractivity contribution in [3.8, 4) is 0 Å². The van der Waals surface area contributed by atoms with E-state index in [1.54, 1.807) is 12.1 Å². The fraction of sp³-hybridized carbons (Fsp3) is 0. The lowest BCUT2D eigenvalue weighted by Crippen LogP contribution is -2.30. The van der Waals surface area contributed by atoms with E-state index in [9.17, 15) is 0 Å². The molecule has 0 aliphatic heterocycles. The zero-order chi connectivity index (χ0) is 10.3. The van der Waals surface area contributed by atoms with Gasteiger partial charge < -0.3 is 10.0 Å². The molecule has 0 radical (unpaired) electrons. The lowest BCUT2D eigenvalue weighted by atomic mass is 9.80. The van der Waals surface area contributed by atoms with Crippen LogP contribution in [-0.2, 0) is 0 Å². The zero-order valence-corrected chi connectivity index (χ0v) is 9.40. The van der Waals surface area contributed by atoms with E-state index in [2.05, 4.69) is 12.6 Å². The molecule has 2 aromatic rings. The highest BCUT2D eigenvalue weighted by Crippen LogP contribution is 2.29. The molecule has 1 heterocycles. The Bertz CT molecular complexity index is 483. The van der Waals surface area contributed by atoms with Crippen molar-refractivity contribution in [3.63, 3.8) is 0 Å². The summed E-state index contributed by atoms with van der Waals surface area (Å²) >= 11 is 11.6. The number of halogens is 1. The molecule has 0 fully saturated rings. The highest BCUT2D eigenvalue weighted by molar-refractivity contribution is 7.83. The van der Waals surface area contributed by atoms with Crippen LogP contribution in [0.1, 0.15) is 0 Å². The minimum Gasteiger partial charge on any atom is -0.423 e. The van der Waals surface area contributed by atoms with E-state index in [4.69, 9.17) is 21.6 Å². The minimum atomic E-state index is -1.53. The van der Waals surface area contributed by atoms with Gasteiger partial charge in [0.05, 0.1) is 4.21 Å². The number of fused-ring (bicyclic) bond motifs is 1. The SMILES string of the molecule is OB(O)c1cc2sc(S)cc2cc1Cl. The molecule has 0 atom stereocenters. The van der Waals surface area contributed by atoms with Crippen molar-refractivity contribution in [2.75, 3.05) is 0 Å². The number of hydrogen-bond acceptors (Lipinski definition) is 4. The Morgan fingerprint density at radius 3 is 2.64 bits per heavy atom. The van der Waals surface area contributed by atoms with Crippen molar-refractivity contribution in [1.82, 2.24) is 0 Å². The molecule has 2 N–H and O–H groups in total. The first-order valence-electron chi connectivity index (χ1n) is 3.86. The van der Waals surface area contributed by atoms with Crippen LogP contribution in [0.3, 0.4) is 0 Å². The average Bonchev–Trinajstić information content (AvgIpc) is 2.42. The van der Waals surface area contributed by atoms with Gasteiger partial charge in [0.2, 0.25) is 0 Å². The maximum absolute atomic E-state index is 9.03. The molecule has 1 aromatic carbocycles. The summed E-state index contributed by atoms with van der Waals surface area (Å²) in [4.78, 5) is 0. The standard InChI is InChI=1S/C8H6BClO2S2/c10-6-1-4-2-8(13)14-7(4)3-5(6)9(11)12/h1-3,11-13H. The van der Waals surface area contributed by atoms with E-state index < -0.39 is 7.12 Å². The van der Waals surface area contributed by atoms with Crippen LogP contribution in [0.5, 0.6) is 0 Å². The lowest BCUT2D eigenvalue weighted by Gasteiger charge is -2.02. The van der Waals surface area contributed by atoms with Gasteiger partial charge >= 0.3 is 7.12 Å². The summed E-state index contributed by atoms with van der Waals surface area (Å²) in [7, 11) is -1.53. The third-order valence-corrected chi connectivity index (χ3v) is 3.53. The summed E-state index contributed by atoms with van der Waals surface area (Å²) < 4.78 is 1.82. The molecule has 0 bridgehead atoms. The van der Waals surface area contributed by atoms with Gasteiger partial charge in [0.1, 0.15) is 0 Å². The van der Waals surface area contributed by atoms with E-state index in [-0.39, 0.29) is 0 Å². The fourth-order valence-electron chi connectivity index (χ4n) is 1.26. The summed E-state index contributed by atoms with van der Waals surface area (Å²) in [6.07, 6.45) is 0. The number of rotatable bonds is 1. The highest BCUT2D eigenvalue weighted by atomic mass is 35.5. The molecule has 72 valence electrons. The molecule has 0 aliphatic carbocycles. The van der Waals surface area contributed by atoms with Crippen LogP contribution in [0.2, 0.25) is 5.02 Å². The molecule has 0 amide bonds. The van der Waals surface area contributed by atoms with Crippen molar-refractivity contribution in [1.29, 1.82) is 0 Å². The maximum atomic E-state index is 9.03. The number of benzene rings is 1. The van der Waals surface area contributed by atoms with Crippen molar-refractivity contribution in [2.24, 2.45) is 0 Å². The van der Waals surface area contributed by atoms with Gasteiger partial charge in [-0.25, -0.2) is 0 Å². The van der Waals surface area contributed by atoms with Crippen LogP contribution < -0.4 is 5.46 Å². The molecule has 6 heteroatoms. The molecule has 0 unspecified atom stereocenters. The normalized spacial score (nSPS) is 10.9. The molecular formula is C8H6BClO2S2. The summed E-state index contributed by atoms with van der Waals surface area (Å²) in [6.45, 7) is 0. The lowest BCUT2D eigenvalue weighted by molar-refractivity contribution is 0.426. The van der Waals surface area contributed by atoms with Gasteiger partial charge in [-0.1, -0.05) is 11.6 Å². The van der Waals surface area contributed by atoms with Gasteiger partial charge in [0.15, 0.2) is 0 Å². The van der Waals surface area contributed by atoms with Gasteiger partial charge in [-0.05, 0) is 23.6 Å². The summed E-state index contributed by atoms with van der Waals surface area (Å²) in [6, 6.07) is 5.27. The molecular weight excluding hydrogens is 238 g/mol. The zero-order valence-electron chi connectivity index (χ0n) is 6.94. The molecule has 2 rings (SSSR count). The molecule has 0 aliphatic rings. The van der Waals surface area contributed by atoms with Gasteiger partial charge in [-0.15, -0.1) is 24.0 Å². The first kappa shape index (κ1) is 10.3. The summed E-state index contributed by atoms with van der Waals surface area (Å²) in [5.41, 5.74) is 0.328. The van der Waals surface area contributed by atoms with E-state index in [0.717, 1.165) is 14.3 Å². The van der Waals surface area contributed by atoms with Crippen LogP contribution in [0.15, 0.2) is 22.4 Å². The van der Waals surface area contributed by atoms with Crippen LogP contribution >= 0.6 is 35.6 Å². The van der Waals surface area contributed by atoms with Crippen molar-refractivity contribution in [3.05, 3.63) is 23.2 Å². The Balaban J connectivity index is 2.70. The van der Waals surface area contributed by atoms with E-state index >= 15 is 0 Å². The Morgan fingerprint density at radius 1 is 1.29 bits per heavy atom. The number of thiol groups is 1. The number of thiophene rings is 1. The van der Waals surface area contributed by atoms with Crippen LogP contribution in [0, 0.1) is 0 Å². The third-order valence-electron chi connectivity index (χ3n) is 1.90.